The molecule has 43 heavy (non-hydrogen) atoms. The van der Waals surface area contributed by atoms with Crippen molar-refractivity contribution in [2.24, 2.45) is 17.6 Å². The summed E-state index contributed by atoms with van der Waals surface area (Å²) in [6.07, 6.45) is 5.55. The maximum atomic E-state index is 14.1. The molecule has 0 spiro atoms. The zero-order valence-electron chi connectivity index (χ0n) is 24.1. The second kappa shape index (κ2) is 11.9. The zero-order valence-corrected chi connectivity index (χ0v) is 24.9. The van der Waals surface area contributed by atoms with Crippen molar-refractivity contribution in [3.63, 3.8) is 0 Å². The minimum Gasteiger partial charge on any atom is -0.457 e. The Morgan fingerprint density at radius 3 is 2.40 bits per heavy atom. The number of hydrogen-bond donors (Lipinski definition) is 2. The number of nitrogens with one attached hydrogen (secondary N) is 1. The van der Waals surface area contributed by atoms with E-state index < -0.39 is 28.0 Å². The number of para-hydroxylation sites is 2. The summed E-state index contributed by atoms with van der Waals surface area (Å²) in [6.45, 7) is 2.73. The molecule has 3 atom stereocenters. The molecule has 1 saturated heterocycles. The van der Waals surface area contributed by atoms with Crippen molar-refractivity contribution >= 4 is 32.9 Å². The van der Waals surface area contributed by atoms with Gasteiger partial charge in [-0.05, 0) is 92.1 Å². The van der Waals surface area contributed by atoms with Crippen LogP contribution in [0.4, 0.5) is 4.79 Å². The molecule has 3 amide bonds. The highest BCUT2D eigenvalue weighted by Crippen LogP contribution is 2.35. The Bertz CT molecular complexity index is 1740. The molecule has 2 aliphatic rings. The summed E-state index contributed by atoms with van der Waals surface area (Å²) < 4.78 is 34.8. The molecular formula is C33H36N4O5S. The maximum absolute atomic E-state index is 14.1. The lowest BCUT2D eigenvalue weighted by atomic mass is 9.81. The van der Waals surface area contributed by atoms with Crippen LogP contribution in [0.2, 0.25) is 0 Å². The van der Waals surface area contributed by atoms with Gasteiger partial charge in [0.25, 0.3) is 15.9 Å². The number of ether oxygens (including phenoxy) is 1. The van der Waals surface area contributed by atoms with Gasteiger partial charge in [0, 0.05) is 30.1 Å². The molecule has 1 aliphatic heterocycles. The molecule has 1 saturated carbocycles. The number of imide groups is 1. The van der Waals surface area contributed by atoms with E-state index in [9.17, 15) is 18.0 Å². The van der Waals surface area contributed by atoms with Gasteiger partial charge in [0.05, 0.1) is 4.90 Å². The van der Waals surface area contributed by atoms with Crippen LogP contribution in [0.1, 0.15) is 36.8 Å². The Kier molecular flexibility index (Phi) is 7.98. The number of nitrogens with zero attached hydrogens (tertiary/aromatic N) is 2. The third-order valence-electron chi connectivity index (χ3n) is 8.70. The normalized spacial score (nSPS) is 21.1. The van der Waals surface area contributed by atoms with E-state index in [1.165, 1.54) is 12.1 Å². The van der Waals surface area contributed by atoms with Crippen molar-refractivity contribution in [1.29, 1.82) is 0 Å². The van der Waals surface area contributed by atoms with Crippen LogP contribution < -0.4 is 10.5 Å². The highest BCUT2D eigenvalue weighted by atomic mass is 32.2. The highest BCUT2D eigenvalue weighted by molar-refractivity contribution is 7.89. The second-order valence-electron chi connectivity index (χ2n) is 11.6. The van der Waals surface area contributed by atoms with Crippen molar-refractivity contribution < 1.29 is 22.7 Å². The molecule has 1 aromatic heterocycles. The Hall–Kier alpha value is -4.15. The molecule has 4 aromatic rings. The molecule has 2 fully saturated rings. The summed E-state index contributed by atoms with van der Waals surface area (Å²) in [6, 6.07) is 18.9. The second-order valence-corrected chi connectivity index (χ2v) is 13.4. The van der Waals surface area contributed by atoms with Crippen LogP contribution in [0.15, 0.2) is 83.9 Å². The molecule has 3 unspecified atom stereocenters. The van der Waals surface area contributed by atoms with E-state index in [-0.39, 0.29) is 23.8 Å². The fourth-order valence-electron chi connectivity index (χ4n) is 6.43. The third kappa shape index (κ3) is 5.64. The van der Waals surface area contributed by atoms with Crippen molar-refractivity contribution in [3.8, 4) is 11.5 Å². The van der Waals surface area contributed by atoms with E-state index in [0.717, 1.165) is 56.9 Å². The number of carbonyl (C=O) groups excluding carboxylic acids is 2. The van der Waals surface area contributed by atoms with Gasteiger partial charge in [-0.15, -0.1) is 0 Å². The molecule has 9 nitrogen and oxygen atoms in total. The Balaban J connectivity index is 1.32. The first-order chi connectivity index (χ1) is 20.8. The molecule has 6 rings (SSSR count). The van der Waals surface area contributed by atoms with Crippen LogP contribution in [0, 0.1) is 18.8 Å². The Morgan fingerprint density at radius 2 is 1.65 bits per heavy atom. The lowest BCUT2D eigenvalue weighted by Crippen LogP contribution is -2.41. The van der Waals surface area contributed by atoms with E-state index >= 15 is 0 Å². The molecular weight excluding hydrogens is 564 g/mol. The molecule has 224 valence electrons. The van der Waals surface area contributed by atoms with Crippen LogP contribution in [-0.2, 0) is 21.2 Å². The number of aromatic nitrogens is 1. The topological polar surface area (TPSA) is 126 Å². The summed E-state index contributed by atoms with van der Waals surface area (Å²) >= 11 is 0. The summed E-state index contributed by atoms with van der Waals surface area (Å²) in [7, 11) is -4.38. The number of aryl methyl sites for hydroxylation is 1. The lowest BCUT2D eigenvalue weighted by Gasteiger charge is -2.30. The fraction of sp³-hybridized carbons (Fsp3) is 0.333. The number of benzene rings is 3. The minimum atomic E-state index is -4.38. The van der Waals surface area contributed by atoms with E-state index in [1.807, 2.05) is 43.3 Å². The predicted octanol–water partition coefficient (Wildman–Crippen LogP) is 5.60. The average molecular weight is 601 g/mol. The number of carbonyl (C=O) groups is 2. The first-order valence-electron chi connectivity index (χ1n) is 14.7. The SMILES string of the molecule is Cc1cccc2c(CC3C(=O)N(CC4CCCC(CN)C4)C(=O)N3S(=O)(=O)c3ccc(Oc4ccccc4)cc3)c[nH]c12. The van der Waals surface area contributed by atoms with Crippen LogP contribution in [0.3, 0.4) is 0 Å². The van der Waals surface area contributed by atoms with Crippen molar-refractivity contribution in [3.05, 3.63) is 90.1 Å². The standard InChI is InChI=1S/C33H36N4O5S/c1-22-7-5-12-29-25(20-35-31(22)29)18-30-32(38)36(21-24-9-6-8-23(17-24)19-34)33(39)37(30)43(40,41)28-15-13-27(14-16-28)42-26-10-3-2-4-11-26/h2-5,7,10-16,20,23-24,30,35H,6,8-9,17-19,21,34H2,1H3. The predicted molar refractivity (Wildman–Crippen MR) is 164 cm³/mol. The zero-order chi connectivity index (χ0) is 30.1. The molecule has 1 aliphatic carbocycles. The monoisotopic (exact) mass is 600 g/mol. The van der Waals surface area contributed by atoms with Gasteiger partial charge in [-0.2, -0.15) is 0 Å². The molecule has 3 N–H and O–H groups in total. The highest BCUT2D eigenvalue weighted by Gasteiger charge is 2.52. The molecule has 0 radical (unpaired) electrons. The van der Waals surface area contributed by atoms with E-state index in [1.54, 1.807) is 30.5 Å². The van der Waals surface area contributed by atoms with Gasteiger partial charge in [-0.25, -0.2) is 17.5 Å². The molecule has 2 heterocycles. The third-order valence-corrected chi connectivity index (χ3v) is 10.5. The van der Waals surface area contributed by atoms with Gasteiger partial charge in [-0.1, -0.05) is 42.8 Å². The number of aromatic amines is 1. The van der Waals surface area contributed by atoms with Crippen LogP contribution >= 0.6 is 0 Å². The maximum Gasteiger partial charge on any atom is 0.341 e. The molecule has 0 bridgehead atoms. The van der Waals surface area contributed by atoms with Crippen molar-refractivity contribution in [2.75, 3.05) is 13.1 Å². The van der Waals surface area contributed by atoms with Crippen LogP contribution in [0.5, 0.6) is 11.5 Å². The fourth-order valence-corrected chi connectivity index (χ4v) is 7.95. The first-order valence-corrected chi connectivity index (χ1v) is 16.2. The number of urea groups is 1. The quantitative estimate of drug-likeness (QED) is 0.241. The van der Waals surface area contributed by atoms with Crippen LogP contribution in [-0.4, -0.2) is 53.7 Å². The molecule has 3 aromatic carbocycles. The van der Waals surface area contributed by atoms with E-state index in [4.69, 9.17) is 10.5 Å². The lowest BCUT2D eigenvalue weighted by molar-refractivity contribution is -0.128. The average Bonchev–Trinajstić information content (AvgIpc) is 3.53. The number of H-pyrrole nitrogens is 1. The number of fused-ring (bicyclic) bond motifs is 1. The summed E-state index contributed by atoms with van der Waals surface area (Å²) in [5, 5.41) is 0.900. The smallest absolute Gasteiger partial charge is 0.341 e. The number of hydrogen-bond acceptors (Lipinski definition) is 6. The van der Waals surface area contributed by atoms with Gasteiger partial charge in [-0.3, -0.25) is 9.69 Å². The van der Waals surface area contributed by atoms with E-state index in [2.05, 4.69) is 4.98 Å². The van der Waals surface area contributed by atoms with Crippen LogP contribution in [0.25, 0.3) is 10.9 Å². The largest absolute Gasteiger partial charge is 0.457 e. The van der Waals surface area contributed by atoms with Gasteiger partial charge < -0.3 is 15.5 Å². The van der Waals surface area contributed by atoms with Gasteiger partial charge in [0.1, 0.15) is 17.5 Å². The first kappa shape index (κ1) is 28.9. The molecule has 10 heteroatoms. The van der Waals surface area contributed by atoms with Gasteiger partial charge in [0.2, 0.25) is 0 Å². The Morgan fingerprint density at radius 1 is 0.930 bits per heavy atom. The number of amides is 3. The number of rotatable bonds is 9. The number of nitrogens with two attached hydrogens (primary N) is 1. The minimum absolute atomic E-state index is 0.0645. The van der Waals surface area contributed by atoms with Crippen molar-refractivity contribution in [2.45, 2.75) is 50.0 Å². The summed E-state index contributed by atoms with van der Waals surface area (Å²) in [4.78, 5) is 32.2. The number of sulfonamides is 1. The Labute approximate surface area is 251 Å². The summed E-state index contributed by atoms with van der Waals surface area (Å²) in [5.41, 5.74) is 8.67. The summed E-state index contributed by atoms with van der Waals surface area (Å²) in [5.74, 6) is 1.00. The van der Waals surface area contributed by atoms with E-state index in [0.29, 0.717) is 24.0 Å². The van der Waals surface area contributed by atoms with Gasteiger partial charge >= 0.3 is 6.03 Å². The van der Waals surface area contributed by atoms with Crippen molar-refractivity contribution in [1.82, 2.24) is 14.2 Å². The van der Waals surface area contributed by atoms with Gasteiger partial charge in [0.15, 0.2) is 0 Å².